The molecule has 0 bridgehead atoms. The van der Waals surface area contributed by atoms with Crippen molar-refractivity contribution in [3.63, 3.8) is 0 Å². The van der Waals surface area contributed by atoms with E-state index in [1.54, 1.807) is 13.1 Å². The summed E-state index contributed by atoms with van der Waals surface area (Å²) < 4.78 is 13.2. The topological polar surface area (TPSA) is 57.1 Å². The molecule has 1 unspecified atom stereocenters. The van der Waals surface area contributed by atoms with Crippen molar-refractivity contribution in [3.8, 4) is 0 Å². The van der Waals surface area contributed by atoms with Crippen LogP contribution in [-0.2, 0) is 9.59 Å². The fourth-order valence-electron chi connectivity index (χ4n) is 3.36. The summed E-state index contributed by atoms with van der Waals surface area (Å²) in [4.78, 5) is 29.5. The summed E-state index contributed by atoms with van der Waals surface area (Å²) in [5.41, 5.74) is 1.47. The van der Waals surface area contributed by atoms with Crippen LogP contribution in [0.4, 0.5) is 15.8 Å². The first kappa shape index (κ1) is 21.1. The molecule has 1 fully saturated rings. The third-order valence-electron chi connectivity index (χ3n) is 4.83. The Labute approximate surface area is 174 Å². The van der Waals surface area contributed by atoms with E-state index in [1.807, 2.05) is 29.2 Å². The van der Waals surface area contributed by atoms with Crippen molar-refractivity contribution in [1.82, 2.24) is 4.90 Å². The highest BCUT2D eigenvalue weighted by Crippen LogP contribution is 2.20. The van der Waals surface area contributed by atoms with Crippen molar-refractivity contribution in [3.05, 3.63) is 59.4 Å². The monoisotopic (exact) mass is 419 g/mol. The van der Waals surface area contributed by atoms with Crippen molar-refractivity contribution in [2.45, 2.75) is 0 Å². The lowest BCUT2D eigenvalue weighted by molar-refractivity contribution is -0.862. The molecule has 1 heterocycles. The molecule has 29 heavy (non-hydrogen) atoms. The van der Waals surface area contributed by atoms with Crippen LogP contribution in [0.1, 0.15) is 0 Å². The lowest BCUT2D eigenvalue weighted by Gasteiger charge is -2.36. The van der Waals surface area contributed by atoms with Gasteiger partial charge < -0.3 is 20.0 Å². The maximum Gasteiger partial charge on any atom is 0.279 e. The number of nitrogens with one attached hydrogen (secondary N) is 2. The maximum atomic E-state index is 13.2. The van der Waals surface area contributed by atoms with Gasteiger partial charge in [0.2, 0.25) is 0 Å². The van der Waals surface area contributed by atoms with Gasteiger partial charge >= 0.3 is 0 Å². The first-order valence-electron chi connectivity index (χ1n) is 9.56. The number of carbonyl (C=O) groups excluding carboxylic acids is 2. The Kier molecular flexibility index (Phi) is 7.06. The first-order chi connectivity index (χ1) is 13.9. The highest BCUT2D eigenvalue weighted by Gasteiger charge is 2.24. The highest BCUT2D eigenvalue weighted by atomic mass is 35.5. The number of benzene rings is 2. The summed E-state index contributed by atoms with van der Waals surface area (Å²) in [5, 5.41) is 3.35. The summed E-state index contributed by atoms with van der Waals surface area (Å²) in [6.07, 6.45) is 0. The van der Waals surface area contributed by atoms with Gasteiger partial charge in [0.05, 0.1) is 7.05 Å². The molecule has 6 nitrogen and oxygen atoms in total. The van der Waals surface area contributed by atoms with E-state index in [9.17, 15) is 14.0 Å². The Hall–Kier alpha value is -2.64. The van der Waals surface area contributed by atoms with Gasteiger partial charge in [-0.3, -0.25) is 9.59 Å². The van der Waals surface area contributed by atoms with Crippen LogP contribution in [0, 0.1) is 5.82 Å². The highest BCUT2D eigenvalue weighted by molar-refractivity contribution is 6.30. The Balaban J connectivity index is 1.43. The summed E-state index contributed by atoms with van der Waals surface area (Å²) in [5.74, 6) is -0.644. The minimum atomic E-state index is -0.407. The summed E-state index contributed by atoms with van der Waals surface area (Å²) >= 11 is 6.06. The van der Waals surface area contributed by atoms with E-state index in [-0.39, 0.29) is 24.9 Å². The minimum absolute atomic E-state index is 0.0202. The van der Waals surface area contributed by atoms with Gasteiger partial charge in [0.15, 0.2) is 13.1 Å². The molecular weight excluding hydrogens is 395 g/mol. The Morgan fingerprint density at radius 1 is 1.07 bits per heavy atom. The summed E-state index contributed by atoms with van der Waals surface area (Å²) in [6, 6.07) is 13.4. The normalized spacial score (nSPS) is 15.1. The van der Waals surface area contributed by atoms with Gasteiger partial charge in [-0.25, -0.2) is 4.39 Å². The van der Waals surface area contributed by atoms with Gasteiger partial charge in [0.25, 0.3) is 11.8 Å². The van der Waals surface area contributed by atoms with Crippen LogP contribution in [0.2, 0.25) is 5.02 Å². The van der Waals surface area contributed by atoms with Crippen LogP contribution in [0.3, 0.4) is 0 Å². The van der Waals surface area contributed by atoms with Crippen molar-refractivity contribution in [2.24, 2.45) is 0 Å². The molecule has 1 aliphatic rings. The van der Waals surface area contributed by atoms with Crippen molar-refractivity contribution >= 4 is 34.8 Å². The predicted octanol–water partition coefficient (Wildman–Crippen LogP) is 1.28. The average molecular weight is 420 g/mol. The number of rotatable bonds is 6. The molecule has 2 aromatic carbocycles. The second-order valence-electron chi connectivity index (χ2n) is 7.22. The molecule has 0 aliphatic carbocycles. The third kappa shape index (κ3) is 6.17. The molecule has 1 saturated heterocycles. The maximum absolute atomic E-state index is 13.2. The smallest absolute Gasteiger partial charge is 0.279 e. The first-order valence-corrected chi connectivity index (χ1v) is 9.93. The molecule has 2 amide bonds. The van der Waals surface area contributed by atoms with Crippen molar-refractivity contribution < 1.29 is 18.9 Å². The minimum Gasteiger partial charge on any atom is -0.368 e. The van der Waals surface area contributed by atoms with E-state index in [1.165, 1.54) is 18.2 Å². The Morgan fingerprint density at radius 2 is 1.79 bits per heavy atom. The fraction of sp³-hybridized carbons (Fsp3) is 0.333. The van der Waals surface area contributed by atoms with E-state index in [0.717, 1.165) is 23.7 Å². The molecular formula is C21H25ClFN4O2+. The zero-order valence-electron chi connectivity index (χ0n) is 16.3. The van der Waals surface area contributed by atoms with Crippen LogP contribution in [0.5, 0.6) is 0 Å². The predicted molar refractivity (Wildman–Crippen MR) is 112 cm³/mol. The van der Waals surface area contributed by atoms with Crippen molar-refractivity contribution in [2.75, 3.05) is 56.5 Å². The number of likely N-dealkylation sites (N-methyl/N-ethyl adjacent to an activating group) is 1. The van der Waals surface area contributed by atoms with Gasteiger partial charge in [-0.1, -0.05) is 23.7 Å². The molecule has 0 saturated carbocycles. The van der Waals surface area contributed by atoms with Gasteiger partial charge in [-0.15, -0.1) is 0 Å². The summed E-state index contributed by atoms with van der Waals surface area (Å²) in [7, 11) is 1.80. The Bertz CT molecular complexity index is 871. The van der Waals surface area contributed by atoms with E-state index in [0.29, 0.717) is 23.8 Å². The Morgan fingerprint density at radius 3 is 2.48 bits per heavy atom. The SMILES string of the molecule is C[NH+](CC(=O)Nc1cccc(F)c1)CC(=O)N1CCN(c2cccc(Cl)c2)CC1. The zero-order chi connectivity index (χ0) is 20.8. The number of anilines is 2. The van der Waals surface area contributed by atoms with Gasteiger partial charge in [0, 0.05) is 42.6 Å². The second kappa shape index (κ2) is 9.71. The number of amides is 2. The molecule has 0 aromatic heterocycles. The van der Waals surface area contributed by atoms with Crippen LogP contribution < -0.4 is 15.1 Å². The zero-order valence-corrected chi connectivity index (χ0v) is 17.1. The molecule has 0 radical (unpaired) electrons. The standard InChI is InChI=1S/C21H24ClFN4O2/c1-25(14-20(28)24-18-6-3-5-17(23)13-18)15-21(29)27-10-8-26(9-11-27)19-7-2-4-16(22)12-19/h2-7,12-13H,8-11,14-15H2,1H3,(H,24,28)/p+1. The van der Waals surface area contributed by atoms with Crippen LogP contribution in [-0.4, -0.2) is 63.0 Å². The lowest BCUT2D eigenvalue weighted by Crippen LogP contribution is -3.11. The molecule has 1 aliphatic heterocycles. The van der Waals surface area contributed by atoms with E-state index in [2.05, 4.69) is 10.2 Å². The molecule has 3 rings (SSSR count). The lowest BCUT2D eigenvalue weighted by atomic mass is 10.2. The molecule has 2 N–H and O–H groups in total. The van der Waals surface area contributed by atoms with E-state index < -0.39 is 5.82 Å². The van der Waals surface area contributed by atoms with Crippen LogP contribution >= 0.6 is 11.6 Å². The van der Waals surface area contributed by atoms with Gasteiger partial charge in [-0.2, -0.15) is 0 Å². The molecule has 154 valence electrons. The van der Waals surface area contributed by atoms with Crippen LogP contribution in [0.25, 0.3) is 0 Å². The second-order valence-corrected chi connectivity index (χ2v) is 7.65. The van der Waals surface area contributed by atoms with E-state index in [4.69, 9.17) is 11.6 Å². The van der Waals surface area contributed by atoms with Crippen LogP contribution in [0.15, 0.2) is 48.5 Å². The molecule has 2 aromatic rings. The fourth-order valence-corrected chi connectivity index (χ4v) is 3.55. The average Bonchev–Trinajstić information content (AvgIpc) is 2.68. The summed E-state index contributed by atoms with van der Waals surface area (Å²) in [6.45, 7) is 3.11. The van der Waals surface area contributed by atoms with Gasteiger partial charge in [0.1, 0.15) is 5.82 Å². The van der Waals surface area contributed by atoms with Crippen molar-refractivity contribution in [1.29, 1.82) is 0 Å². The van der Waals surface area contributed by atoms with Gasteiger partial charge in [-0.05, 0) is 36.4 Å². The molecule has 8 heteroatoms. The number of carbonyl (C=O) groups is 2. The third-order valence-corrected chi connectivity index (χ3v) is 5.06. The molecule has 1 atom stereocenters. The van der Waals surface area contributed by atoms with E-state index >= 15 is 0 Å². The number of hydrogen-bond acceptors (Lipinski definition) is 3. The quantitative estimate of drug-likeness (QED) is 0.741. The molecule has 0 spiro atoms. The number of quaternary nitrogens is 1. The number of nitrogens with zero attached hydrogens (tertiary/aromatic N) is 2. The number of hydrogen-bond donors (Lipinski definition) is 2. The number of piperazine rings is 1. The number of halogens is 2. The largest absolute Gasteiger partial charge is 0.368 e.